The van der Waals surface area contributed by atoms with Crippen molar-refractivity contribution in [1.82, 2.24) is 15.0 Å². The molecule has 16 heteroatoms. The third kappa shape index (κ3) is 6.02. The fourth-order valence-electron chi connectivity index (χ4n) is 5.29. The lowest BCUT2D eigenvalue weighted by atomic mass is 9.91. The van der Waals surface area contributed by atoms with Crippen LogP contribution in [0.5, 0.6) is 0 Å². The van der Waals surface area contributed by atoms with E-state index in [0.717, 1.165) is 16.8 Å². The van der Waals surface area contributed by atoms with Gasteiger partial charge in [-0.15, -0.1) is 5.10 Å². The molecule has 12 nitrogen and oxygen atoms in total. The van der Waals surface area contributed by atoms with E-state index in [1.807, 2.05) is 6.07 Å². The monoisotopic (exact) mass is 683 g/mol. The summed E-state index contributed by atoms with van der Waals surface area (Å²) < 4.78 is 46.9. The molecule has 2 aliphatic heterocycles. The Morgan fingerprint density at radius 1 is 1.26 bits per heavy atom. The van der Waals surface area contributed by atoms with Crippen molar-refractivity contribution in [3.05, 3.63) is 63.2 Å². The maximum atomic E-state index is 14.3. The van der Waals surface area contributed by atoms with Crippen molar-refractivity contribution in [2.24, 2.45) is 0 Å². The lowest BCUT2D eigenvalue weighted by molar-refractivity contribution is -0.211. The summed E-state index contributed by atoms with van der Waals surface area (Å²) in [6.07, 6.45) is -5.28. The van der Waals surface area contributed by atoms with E-state index >= 15 is 0 Å². The van der Waals surface area contributed by atoms with Gasteiger partial charge in [0.05, 0.1) is 43.7 Å². The second-order valence-corrected chi connectivity index (χ2v) is 11.3. The summed E-state index contributed by atoms with van der Waals surface area (Å²) in [4.78, 5) is 15.6. The molecule has 2 aromatic carbocycles. The van der Waals surface area contributed by atoms with E-state index in [9.17, 15) is 34.2 Å². The topological polar surface area (TPSA) is 163 Å². The lowest BCUT2D eigenvalue weighted by Gasteiger charge is -2.45. The summed E-state index contributed by atoms with van der Waals surface area (Å²) in [6, 6.07) is 6.50. The number of aliphatic hydroxyl groups excluding tert-OH is 3. The first-order chi connectivity index (χ1) is 20.6. The summed E-state index contributed by atoms with van der Waals surface area (Å²) in [6.45, 7) is -0.763. The molecular weight excluding hydrogens is 660 g/mol. The molecule has 0 radical (unpaired) electrons. The summed E-state index contributed by atoms with van der Waals surface area (Å²) in [5.74, 6) is -2.74. The number of halogens is 4. The summed E-state index contributed by atoms with van der Waals surface area (Å²) >= 11 is 8.94. The molecule has 0 spiro atoms. The maximum absolute atomic E-state index is 14.3. The number of nitrogens with zero attached hydrogens (tertiary/aromatic N) is 5. The van der Waals surface area contributed by atoms with Crippen molar-refractivity contribution >= 4 is 39.1 Å². The van der Waals surface area contributed by atoms with E-state index in [4.69, 9.17) is 25.8 Å². The molecule has 2 saturated heterocycles. The number of amides is 1. The van der Waals surface area contributed by atoms with Crippen LogP contribution < -0.4 is 4.90 Å². The normalized spacial score (nSPS) is 27.2. The highest BCUT2D eigenvalue weighted by Crippen LogP contribution is 2.36. The summed E-state index contributed by atoms with van der Waals surface area (Å²) in [5.41, 5.74) is 0.520. The van der Waals surface area contributed by atoms with Gasteiger partial charge < -0.3 is 34.4 Å². The van der Waals surface area contributed by atoms with Crippen LogP contribution in [-0.4, -0.2) is 99.7 Å². The van der Waals surface area contributed by atoms with E-state index < -0.39 is 71.8 Å². The number of nitriles is 1. The molecular formula is C27H25BrClF2N5O7. The molecule has 0 bridgehead atoms. The van der Waals surface area contributed by atoms with Gasteiger partial charge in [0.25, 0.3) is 5.91 Å². The van der Waals surface area contributed by atoms with Gasteiger partial charge in [-0.1, -0.05) is 32.7 Å². The van der Waals surface area contributed by atoms with Crippen LogP contribution in [0.1, 0.15) is 11.6 Å². The lowest BCUT2D eigenvalue weighted by Crippen LogP contribution is -2.63. The predicted octanol–water partition coefficient (Wildman–Crippen LogP) is 1.98. The minimum absolute atomic E-state index is 0.0110. The van der Waals surface area contributed by atoms with Crippen molar-refractivity contribution < 1.29 is 43.1 Å². The molecule has 0 saturated carbocycles. The number of benzene rings is 2. The van der Waals surface area contributed by atoms with Crippen LogP contribution in [0.4, 0.5) is 14.5 Å². The molecule has 2 aliphatic rings. The van der Waals surface area contributed by atoms with E-state index in [1.54, 1.807) is 12.1 Å². The van der Waals surface area contributed by atoms with Crippen LogP contribution in [0.2, 0.25) is 5.02 Å². The molecule has 5 rings (SSSR count). The highest BCUT2D eigenvalue weighted by Gasteiger charge is 2.52. The molecule has 2 fully saturated rings. The van der Waals surface area contributed by atoms with Gasteiger partial charge in [0.15, 0.2) is 6.10 Å². The van der Waals surface area contributed by atoms with Crippen LogP contribution in [0, 0.1) is 23.0 Å². The Kier molecular flexibility index (Phi) is 9.40. The SMILES string of the molecule is CO[C@@H]1[C@@H](n2cc(-c3cc(F)c(Cl)c(F)c3)nn2)[C@@H](O)[C@@H](CO)O[C@H]1C(=O)N(c1cc(Br)cc(C#N)c1)[C@H]1COC[C@@H]1O. The Labute approximate surface area is 257 Å². The zero-order valence-electron chi connectivity index (χ0n) is 22.3. The molecule has 43 heavy (non-hydrogen) atoms. The van der Waals surface area contributed by atoms with Crippen molar-refractivity contribution in [1.29, 1.82) is 5.26 Å². The average Bonchev–Trinajstić information content (AvgIpc) is 3.64. The summed E-state index contributed by atoms with van der Waals surface area (Å²) in [5, 5.41) is 48.8. The van der Waals surface area contributed by atoms with Gasteiger partial charge in [-0.3, -0.25) is 4.79 Å². The first-order valence-corrected chi connectivity index (χ1v) is 14.1. The van der Waals surface area contributed by atoms with Crippen LogP contribution in [0.3, 0.4) is 0 Å². The highest BCUT2D eigenvalue weighted by molar-refractivity contribution is 9.10. The van der Waals surface area contributed by atoms with Gasteiger partial charge in [-0.05, 0) is 30.3 Å². The third-order valence-electron chi connectivity index (χ3n) is 7.36. The molecule has 3 N–H and O–H groups in total. The Morgan fingerprint density at radius 3 is 2.58 bits per heavy atom. The van der Waals surface area contributed by atoms with Crippen LogP contribution in [-0.2, 0) is 19.0 Å². The molecule has 1 amide bonds. The van der Waals surface area contributed by atoms with Crippen molar-refractivity contribution in [3.63, 3.8) is 0 Å². The number of carbonyl (C=O) groups is 1. The Bertz CT molecular complexity index is 1540. The number of aromatic nitrogens is 3. The van der Waals surface area contributed by atoms with Gasteiger partial charge in [-0.25, -0.2) is 13.5 Å². The number of carbonyl (C=O) groups excluding carboxylic acids is 1. The Hall–Kier alpha value is -3.07. The molecule has 0 aliphatic carbocycles. The standard InChI is InChI=1S/C27H25BrClF2N5O7/c1-41-25-23(35-8-18(33-34-35)13-4-16(30)22(29)17(31)5-13)24(39)21(9-37)43-26(25)27(40)36(19-10-42-11-20(19)38)15-3-12(7-32)2-14(28)6-15/h2-6,8,19-21,23-26,37-39H,9-11H2,1H3/t19-,20-,21+,23-,24-,25+,26+/m0/s1. The molecule has 7 atom stereocenters. The minimum atomic E-state index is -1.48. The molecule has 228 valence electrons. The Morgan fingerprint density at radius 2 is 1.98 bits per heavy atom. The van der Waals surface area contributed by atoms with E-state index in [0.29, 0.717) is 4.47 Å². The van der Waals surface area contributed by atoms with E-state index in [1.165, 1.54) is 24.3 Å². The van der Waals surface area contributed by atoms with Crippen molar-refractivity contribution in [2.45, 2.75) is 42.6 Å². The number of anilines is 1. The molecule has 0 unspecified atom stereocenters. The van der Waals surface area contributed by atoms with E-state index in [2.05, 4.69) is 26.2 Å². The van der Waals surface area contributed by atoms with Crippen LogP contribution >= 0.6 is 27.5 Å². The van der Waals surface area contributed by atoms with E-state index in [-0.39, 0.29) is 35.7 Å². The van der Waals surface area contributed by atoms with Crippen LogP contribution in [0.25, 0.3) is 11.3 Å². The highest BCUT2D eigenvalue weighted by atomic mass is 79.9. The average molecular weight is 685 g/mol. The second-order valence-electron chi connectivity index (χ2n) is 9.99. The maximum Gasteiger partial charge on any atom is 0.259 e. The Balaban J connectivity index is 1.55. The van der Waals surface area contributed by atoms with Gasteiger partial charge in [0.1, 0.15) is 52.8 Å². The van der Waals surface area contributed by atoms with Gasteiger partial charge >= 0.3 is 0 Å². The van der Waals surface area contributed by atoms with Crippen molar-refractivity contribution in [3.8, 4) is 17.3 Å². The number of rotatable bonds is 7. The number of hydrogen-bond acceptors (Lipinski definition) is 10. The number of aliphatic hydroxyl groups is 3. The predicted molar refractivity (Wildman–Crippen MR) is 149 cm³/mol. The molecule has 1 aromatic heterocycles. The fourth-order valence-corrected chi connectivity index (χ4v) is 5.88. The number of ether oxygens (including phenoxy) is 3. The van der Waals surface area contributed by atoms with Gasteiger partial charge in [0.2, 0.25) is 0 Å². The fraction of sp³-hybridized carbons (Fsp3) is 0.407. The van der Waals surface area contributed by atoms with Crippen molar-refractivity contribution in [2.75, 3.05) is 31.8 Å². The largest absolute Gasteiger partial charge is 0.394 e. The quantitative estimate of drug-likeness (QED) is 0.314. The molecule has 3 aromatic rings. The first-order valence-electron chi connectivity index (χ1n) is 12.9. The minimum Gasteiger partial charge on any atom is -0.394 e. The van der Waals surface area contributed by atoms with Gasteiger partial charge in [-0.2, -0.15) is 5.26 Å². The third-order valence-corrected chi connectivity index (χ3v) is 8.18. The zero-order valence-corrected chi connectivity index (χ0v) is 24.7. The smallest absolute Gasteiger partial charge is 0.259 e. The van der Waals surface area contributed by atoms with Gasteiger partial charge in [0, 0.05) is 22.8 Å². The number of hydrogen-bond donors (Lipinski definition) is 3. The van der Waals surface area contributed by atoms with Crippen LogP contribution in [0.15, 0.2) is 41.0 Å². The summed E-state index contributed by atoms with van der Waals surface area (Å²) in [7, 11) is 1.28. The first kappa shape index (κ1) is 31.4. The number of methoxy groups -OCH3 is 1. The second kappa shape index (κ2) is 12.9. The molecule has 3 heterocycles. The zero-order chi connectivity index (χ0) is 31.0.